The number of hydrogen-bond donors (Lipinski definition) is 2. The Labute approximate surface area is 145 Å². The molecule has 1 aliphatic rings. The van der Waals surface area contributed by atoms with Crippen molar-refractivity contribution in [1.82, 2.24) is 4.72 Å². The van der Waals surface area contributed by atoms with E-state index in [1.807, 2.05) is 0 Å². The van der Waals surface area contributed by atoms with Gasteiger partial charge in [0.15, 0.2) is 0 Å². The van der Waals surface area contributed by atoms with Gasteiger partial charge in [-0.2, -0.15) is 0 Å². The smallest absolute Gasteiger partial charge is 0.307 e. The third-order valence-corrected chi connectivity index (χ3v) is 5.15. The quantitative estimate of drug-likeness (QED) is 0.838. The summed E-state index contributed by atoms with van der Waals surface area (Å²) in [6.45, 7) is 0. The summed E-state index contributed by atoms with van der Waals surface area (Å²) >= 11 is 5.72. The Kier molecular flexibility index (Phi) is 6.81. The van der Waals surface area contributed by atoms with Gasteiger partial charge in [0.25, 0.3) is 0 Å². The average Bonchev–Trinajstić information content (AvgIpc) is 2.85. The number of hydrogen-bond acceptors (Lipinski definition) is 3. The second-order valence-electron chi connectivity index (χ2n) is 4.51. The van der Waals surface area contributed by atoms with E-state index >= 15 is 0 Å². The maximum atomic E-state index is 11.9. The molecule has 1 radical (unpaired) electrons. The molecule has 0 unspecified atom stereocenters. The molecule has 5 nitrogen and oxygen atoms in total. The van der Waals surface area contributed by atoms with Crippen LogP contribution in [-0.2, 0) is 10.0 Å². The predicted molar refractivity (Wildman–Crippen MR) is 80.5 cm³/mol. The van der Waals surface area contributed by atoms with Gasteiger partial charge in [0, 0.05) is 40.3 Å². The molecule has 105 valence electrons. The van der Waals surface area contributed by atoms with Gasteiger partial charge in [-0.05, 0) is 37.1 Å². The van der Waals surface area contributed by atoms with Crippen molar-refractivity contribution in [3.63, 3.8) is 0 Å². The Morgan fingerprint density at radius 2 is 1.70 bits per heavy atom. The first-order valence-electron chi connectivity index (χ1n) is 6.05. The van der Waals surface area contributed by atoms with Crippen molar-refractivity contribution < 1.29 is 13.2 Å². The third kappa shape index (κ3) is 4.93. The summed E-state index contributed by atoms with van der Waals surface area (Å²) in [5, 5.41) is 2.55. The first-order valence-corrected chi connectivity index (χ1v) is 7.98. The number of urea groups is 1. The minimum Gasteiger partial charge on any atom is -0.307 e. The van der Waals surface area contributed by atoms with Crippen molar-refractivity contribution in [1.29, 1.82) is 0 Å². The monoisotopic (exact) mass is 325 g/mol. The van der Waals surface area contributed by atoms with E-state index < -0.39 is 21.3 Å². The minimum atomic E-state index is -3.58. The van der Waals surface area contributed by atoms with Gasteiger partial charge < -0.3 is 5.32 Å². The maximum absolute atomic E-state index is 11.9. The first kappa shape index (κ1) is 17.8. The molecule has 1 saturated carbocycles. The molecule has 1 aliphatic carbocycles. The molecule has 0 aliphatic heterocycles. The zero-order chi connectivity index (χ0) is 13.9. The van der Waals surface area contributed by atoms with E-state index in [9.17, 15) is 13.2 Å². The van der Waals surface area contributed by atoms with Crippen LogP contribution < -0.4 is 10.0 Å². The van der Waals surface area contributed by atoms with Crippen LogP contribution in [0, 0.1) is 0 Å². The largest absolute Gasteiger partial charge is 0.332 e. The van der Waals surface area contributed by atoms with Crippen molar-refractivity contribution in [3.05, 3.63) is 29.3 Å². The van der Waals surface area contributed by atoms with E-state index in [1.54, 1.807) is 24.3 Å². The van der Waals surface area contributed by atoms with Crippen molar-refractivity contribution in [2.45, 2.75) is 30.9 Å². The Morgan fingerprint density at radius 3 is 2.25 bits per heavy atom. The number of amides is 2. The zero-order valence-electron chi connectivity index (χ0n) is 11.2. The van der Waals surface area contributed by atoms with Crippen LogP contribution in [0.3, 0.4) is 0 Å². The van der Waals surface area contributed by atoms with Gasteiger partial charge in [-0.15, -0.1) is 0 Å². The standard InChI is InChI=1S/C12H15ClN2O3S.Na/c13-9-5-7-10(8-6-9)14-12(16)15-19(17,18)11-3-1-2-4-11;/h5-8,11H,1-4H2,(H2,14,15,16);. The van der Waals surface area contributed by atoms with Crippen LogP contribution in [0.4, 0.5) is 10.5 Å². The second kappa shape index (κ2) is 7.66. The van der Waals surface area contributed by atoms with Crippen LogP contribution in [0.25, 0.3) is 0 Å². The molecule has 1 fully saturated rings. The molecular formula is C12H15ClN2NaO3S. The van der Waals surface area contributed by atoms with Gasteiger partial charge in [-0.25, -0.2) is 17.9 Å². The summed E-state index contributed by atoms with van der Waals surface area (Å²) in [6.07, 6.45) is 3.02. The zero-order valence-corrected chi connectivity index (χ0v) is 14.8. The van der Waals surface area contributed by atoms with Gasteiger partial charge in [0.1, 0.15) is 0 Å². The van der Waals surface area contributed by atoms with Crippen LogP contribution >= 0.6 is 11.6 Å². The van der Waals surface area contributed by atoms with Gasteiger partial charge in [0.05, 0.1) is 5.25 Å². The number of rotatable bonds is 3. The summed E-state index contributed by atoms with van der Waals surface area (Å²) in [4.78, 5) is 11.6. The van der Waals surface area contributed by atoms with Crippen molar-refractivity contribution in [2.24, 2.45) is 0 Å². The Balaban J connectivity index is 0.00000200. The Morgan fingerprint density at radius 1 is 1.15 bits per heavy atom. The SMILES string of the molecule is O=C(Nc1ccc(Cl)cc1)NS(=O)(=O)C1CCCC1.[Na]. The van der Waals surface area contributed by atoms with E-state index in [2.05, 4.69) is 10.0 Å². The fraction of sp³-hybridized carbons (Fsp3) is 0.417. The number of sulfonamides is 1. The molecule has 2 N–H and O–H groups in total. The van der Waals surface area contributed by atoms with E-state index in [1.165, 1.54) is 0 Å². The topological polar surface area (TPSA) is 75.3 Å². The number of carbonyl (C=O) groups is 1. The van der Waals surface area contributed by atoms with Crippen molar-refractivity contribution >= 4 is 62.9 Å². The van der Waals surface area contributed by atoms with E-state index in [4.69, 9.17) is 11.6 Å². The fourth-order valence-electron chi connectivity index (χ4n) is 2.10. The summed E-state index contributed by atoms with van der Waals surface area (Å²) in [6, 6.07) is 5.69. The molecule has 0 bridgehead atoms. The molecule has 0 saturated heterocycles. The molecule has 1 aromatic rings. The molecule has 0 spiro atoms. The number of nitrogens with one attached hydrogen (secondary N) is 2. The summed E-state index contributed by atoms with van der Waals surface area (Å²) in [7, 11) is -3.58. The maximum Gasteiger partial charge on any atom is 0.332 e. The fourth-order valence-corrected chi connectivity index (χ4v) is 3.66. The van der Waals surface area contributed by atoms with E-state index in [0.29, 0.717) is 23.6 Å². The molecule has 0 aromatic heterocycles. The minimum absolute atomic E-state index is 0. The molecule has 0 atom stereocenters. The third-order valence-electron chi connectivity index (χ3n) is 3.08. The molecule has 1 aromatic carbocycles. The Hall–Kier alpha value is -0.270. The van der Waals surface area contributed by atoms with Crippen molar-refractivity contribution in [3.8, 4) is 0 Å². The normalized spacial score (nSPS) is 15.4. The van der Waals surface area contributed by atoms with Gasteiger partial charge in [-0.1, -0.05) is 24.4 Å². The van der Waals surface area contributed by atoms with E-state index in [-0.39, 0.29) is 29.6 Å². The molecule has 2 rings (SSSR count). The average molecular weight is 326 g/mol. The van der Waals surface area contributed by atoms with Crippen LogP contribution in [0.1, 0.15) is 25.7 Å². The van der Waals surface area contributed by atoms with Crippen LogP contribution in [-0.4, -0.2) is 49.3 Å². The summed E-state index contributed by atoms with van der Waals surface area (Å²) < 4.78 is 25.8. The van der Waals surface area contributed by atoms with Gasteiger partial charge in [-0.3, -0.25) is 0 Å². The van der Waals surface area contributed by atoms with Gasteiger partial charge in [0.2, 0.25) is 10.0 Å². The van der Waals surface area contributed by atoms with Crippen LogP contribution in [0.15, 0.2) is 24.3 Å². The number of anilines is 1. The second-order valence-corrected chi connectivity index (χ2v) is 6.91. The predicted octanol–water partition coefficient (Wildman–Crippen LogP) is 2.35. The number of carbonyl (C=O) groups excluding carboxylic acids is 1. The number of benzene rings is 1. The molecule has 20 heavy (non-hydrogen) atoms. The van der Waals surface area contributed by atoms with Crippen LogP contribution in [0.5, 0.6) is 0 Å². The van der Waals surface area contributed by atoms with Crippen molar-refractivity contribution in [2.75, 3.05) is 5.32 Å². The molecular weight excluding hydrogens is 311 g/mol. The van der Waals surface area contributed by atoms with Crippen LogP contribution in [0.2, 0.25) is 5.02 Å². The molecule has 2 amide bonds. The molecule has 8 heteroatoms. The molecule has 0 heterocycles. The van der Waals surface area contributed by atoms with Gasteiger partial charge >= 0.3 is 6.03 Å². The summed E-state index contributed by atoms with van der Waals surface area (Å²) in [5.41, 5.74) is 0.489. The summed E-state index contributed by atoms with van der Waals surface area (Å²) in [5.74, 6) is 0. The Bertz CT molecular complexity index is 557. The number of halogens is 1. The van der Waals surface area contributed by atoms with E-state index in [0.717, 1.165) is 12.8 Å². The first-order chi connectivity index (χ1) is 8.97.